The molecule has 0 unspecified atom stereocenters. The second kappa shape index (κ2) is 9.06. The van der Waals surface area contributed by atoms with Gasteiger partial charge in [-0.05, 0) is 54.5 Å². The maximum absolute atomic E-state index is 13.2. The van der Waals surface area contributed by atoms with Crippen molar-refractivity contribution in [1.29, 1.82) is 0 Å². The molecular weight excluding hydrogens is 400 g/mol. The van der Waals surface area contributed by atoms with Gasteiger partial charge in [0.1, 0.15) is 17.3 Å². The Balaban J connectivity index is 2.12. The lowest BCUT2D eigenvalue weighted by Gasteiger charge is -2.26. The van der Waals surface area contributed by atoms with Gasteiger partial charge in [-0.3, -0.25) is 4.79 Å². The highest BCUT2D eigenvalue weighted by Crippen LogP contribution is 2.39. The number of carbonyl (C=O) groups excluding carboxylic acids is 1. The van der Waals surface area contributed by atoms with E-state index in [1.807, 2.05) is 12.1 Å². The number of phenols is 2. The first kappa shape index (κ1) is 21.5. The number of phenolic OH excluding ortho intramolecular Hbond substituents is 2. The van der Waals surface area contributed by atoms with Crippen LogP contribution < -0.4 is 0 Å². The molecule has 30 heavy (non-hydrogen) atoms. The number of aromatic hydroxyl groups is 2. The summed E-state index contributed by atoms with van der Waals surface area (Å²) in [5.41, 5.74) is 1.82. The van der Waals surface area contributed by atoms with Gasteiger partial charge in [0.05, 0.1) is 11.1 Å². The number of hydrogen-bond acceptors (Lipinski definition) is 4. The van der Waals surface area contributed by atoms with E-state index in [2.05, 4.69) is 0 Å². The van der Waals surface area contributed by atoms with Gasteiger partial charge in [0.25, 0.3) is 0 Å². The Kier molecular flexibility index (Phi) is 6.48. The Morgan fingerprint density at radius 3 is 1.87 bits per heavy atom. The molecule has 3 aromatic carbocycles. The van der Waals surface area contributed by atoms with Crippen molar-refractivity contribution in [2.75, 3.05) is 0 Å². The fraction of sp³-hybridized carbons (Fsp3) is 0.160. The predicted octanol–water partition coefficient (Wildman–Crippen LogP) is 6.34. The number of para-hydroxylation sites is 2. The minimum Gasteiger partial charge on any atom is -0.507 e. The molecule has 3 N–H and O–H groups in total. The van der Waals surface area contributed by atoms with Gasteiger partial charge in [-0.25, -0.2) is 0 Å². The molecule has 0 aliphatic carbocycles. The molecule has 0 saturated carbocycles. The van der Waals surface area contributed by atoms with E-state index in [1.54, 1.807) is 62.4 Å². The van der Waals surface area contributed by atoms with Crippen LogP contribution in [0.3, 0.4) is 0 Å². The number of Topliss-reactive ketones (excluding diaryl/α,β-unsaturated/α-hetero) is 1. The molecule has 5 heteroatoms. The second-order valence-corrected chi connectivity index (χ2v) is 7.68. The van der Waals surface area contributed by atoms with Crippen molar-refractivity contribution in [3.05, 3.63) is 100 Å². The van der Waals surface area contributed by atoms with Gasteiger partial charge in [-0.2, -0.15) is 0 Å². The third-order valence-corrected chi connectivity index (χ3v) is 5.56. The van der Waals surface area contributed by atoms with Gasteiger partial charge in [-0.1, -0.05) is 54.9 Å². The molecule has 0 saturated heterocycles. The standard InChI is InChI=1S/C25H23ClO4/c1-15(24(29)19-7-3-5-9-21(19)27)23(17-11-13-18(26)14-12-17)16(2)25(30)20-8-4-6-10-22(20)28/h3-15,23,27-28,30H,1-2H3/b25-16-/t15-,23+/m0/s1. The summed E-state index contributed by atoms with van der Waals surface area (Å²) in [6.07, 6.45) is 0. The van der Waals surface area contributed by atoms with Gasteiger partial charge in [0.2, 0.25) is 0 Å². The van der Waals surface area contributed by atoms with Crippen molar-refractivity contribution in [3.63, 3.8) is 0 Å². The van der Waals surface area contributed by atoms with Crippen LogP contribution in [-0.2, 0) is 0 Å². The Bertz CT molecular complexity index is 1090. The number of allylic oxidation sites excluding steroid dienone is 1. The maximum atomic E-state index is 13.2. The highest BCUT2D eigenvalue weighted by molar-refractivity contribution is 6.30. The Morgan fingerprint density at radius 1 is 0.833 bits per heavy atom. The van der Waals surface area contributed by atoms with Gasteiger partial charge < -0.3 is 15.3 Å². The molecular formula is C25H23ClO4. The lowest BCUT2D eigenvalue weighted by molar-refractivity contribution is 0.0915. The number of aliphatic hydroxyl groups is 1. The lowest BCUT2D eigenvalue weighted by atomic mass is 9.77. The number of aliphatic hydroxyl groups excluding tert-OH is 1. The summed E-state index contributed by atoms with van der Waals surface area (Å²) >= 11 is 6.04. The molecule has 154 valence electrons. The van der Waals surface area contributed by atoms with E-state index in [-0.39, 0.29) is 34.2 Å². The summed E-state index contributed by atoms with van der Waals surface area (Å²) in [7, 11) is 0. The van der Waals surface area contributed by atoms with E-state index in [0.29, 0.717) is 10.6 Å². The largest absolute Gasteiger partial charge is 0.507 e. The van der Waals surface area contributed by atoms with Gasteiger partial charge in [0.15, 0.2) is 5.78 Å². The zero-order valence-corrected chi connectivity index (χ0v) is 17.5. The molecule has 3 rings (SSSR count). The fourth-order valence-electron chi connectivity index (χ4n) is 3.70. The zero-order valence-electron chi connectivity index (χ0n) is 16.7. The Hall–Kier alpha value is -3.24. The van der Waals surface area contributed by atoms with Crippen LogP contribution in [-0.4, -0.2) is 21.1 Å². The molecule has 0 amide bonds. The van der Waals surface area contributed by atoms with Crippen molar-refractivity contribution in [2.24, 2.45) is 5.92 Å². The number of benzene rings is 3. The minimum atomic E-state index is -0.604. The topological polar surface area (TPSA) is 77.8 Å². The highest BCUT2D eigenvalue weighted by atomic mass is 35.5. The summed E-state index contributed by atoms with van der Waals surface area (Å²) in [6, 6.07) is 20.0. The molecule has 0 heterocycles. The maximum Gasteiger partial charge on any atom is 0.170 e. The number of rotatable bonds is 6. The van der Waals surface area contributed by atoms with Crippen molar-refractivity contribution in [1.82, 2.24) is 0 Å². The molecule has 0 bridgehead atoms. The summed E-state index contributed by atoms with van der Waals surface area (Å²) in [6.45, 7) is 3.49. The van der Waals surface area contributed by atoms with Crippen LogP contribution in [0.2, 0.25) is 5.02 Å². The summed E-state index contributed by atoms with van der Waals surface area (Å²) in [4.78, 5) is 13.2. The molecule has 4 nitrogen and oxygen atoms in total. The zero-order chi connectivity index (χ0) is 21.8. The average Bonchev–Trinajstić information content (AvgIpc) is 2.74. The van der Waals surface area contributed by atoms with Gasteiger partial charge in [-0.15, -0.1) is 0 Å². The van der Waals surface area contributed by atoms with Crippen molar-refractivity contribution in [3.8, 4) is 11.5 Å². The average molecular weight is 423 g/mol. The summed E-state index contributed by atoms with van der Waals surface area (Å²) < 4.78 is 0. The van der Waals surface area contributed by atoms with E-state index in [0.717, 1.165) is 5.56 Å². The van der Waals surface area contributed by atoms with Crippen LogP contribution in [0.4, 0.5) is 0 Å². The highest BCUT2D eigenvalue weighted by Gasteiger charge is 2.31. The number of hydrogen-bond donors (Lipinski definition) is 3. The Morgan fingerprint density at radius 2 is 1.33 bits per heavy atom. The van der Waals surface area contributed by atoms with Gasteiger partial charge in [0, 0.05) is 16.9 Å². The first-order chi connectivity index (χ1) is 14.3. The number of halogens is 1. The van der Waals surface area contributed by atoms with E-state index in [4.69, 9.17) is 11.6 Å². The smallest absolute Gasteiger partial charge is 0.170 e. The van der Waals surface area contributed by atoms with E-state index in [9.17, 15) is 20.1 Å². The van der Waals surface area contributed by atoms with Crippen molar-refractivity contribution in [2.45, 2.75) is 19.8 Å². The molecule has 0 radical (unpaired) electrons. The quantitative estimate of drug-likeness (QED) is 0.320. The molecule has 0 spiro atoms. The molecule has 0 aliphatic heterocycles. The van der Waals surface area contributed by atoms with E-state index in [1.165, 1.54) is 12.1 Å². The summed E-state index contributed by atoms with van der Waals surface area (Å²) in [5.74, 6) is -1.59. The van der Waals surface area contributed by atoms with Gasteiger partial charge >= 0.3 is 0 Å². The Labute approximate surface area is 180 Å². The third kappa shape index (κ3) is 4.34. The third-order valence-electron chi connectivity index (χ3n) is 5.31. The molecule has 0 aliphatic rings. The van der Waals surface area contributed by atoms with E-state index < -0.39 is 11.8 Å². The van der Waals surface area contributed by atoms with Crippen LogP contribution in [0, 0.1) is 5.92 Å². The van der Waals surface area contributed by atoms with Crippen LogP contribution in [0.5, 0.6) is 11.5 Å². The fourth-order valence-corrected chi connectivity index (χ4v) is 3.82. The van der Waals surface area contributed by atoms with Crippen LogP contribution in [0.1, 0.15) is 41.3 Å². The monoisotopic (exact) mass is 422 g/mol. The van der Waals surface area contributed by atoms with Crippen LogP contribution in [0.25, 0.3) is 5.76 Å². The first-order valence-corrected chi connectivity index (χ1v) is 9.94. The molecule has 0 aromatic heterocycles. The predicted molar refractivity (Wildman–Crippen MR) is 119 cm³/mol. The van der Waals surface area contributed by atoms with Crippen molar-refractivity contribution < 1.29 is 20.1 Å². The van der Waals surface area contributed by atoms with Crippen LogP contribution in [0.15, 0.2) is 78.4 Å². The lowest BCUT2D eigenvalue weighted by Crippen LogP contribution is -2.22. The van der Waals surface area contributed by atoms with Crippen LogP contribution >= 0.6 is 11.6 Å². The molecule has 3 aromatic rings. The SMILES string of the molecule is C/C(=C(/O)c1ccccc1O)[C@H](c1ccc(Cl)cc1)[C@H](C)C(=O)c1ccccc1O. The molecule has 0 fully saturated rings. The second-order valence-electron chi connectivity index (χ2n) is 7.25. The first-order valence-electron chi connectivity index (χ1n) is 9.57. The number of ketones is 1. The molecule has 2 atom stereocenters. The normalized spacial score (nSPS) is 14.0. The minimum absolute atomic E-state index is 0.0520. The van der Waals surface area contributed by atoms with Crippen molar-refractivity contribution >= 4 is 23.1 Å². The number of carbonyl (C=O) groups is 1. The summed E-state index contributed by atoms with van der Waals surface area (Å²) in [5, 5.41) is 31.8. The van der Waals surface area contributed by atoms with E-state index >= 15 is 0 Å².